The molecule has 1 N–H and O–H groups in total. The second-order valence-corrected chi connectivity index (χ2v) is 10.7. The number of benzene rings is 3. The number of nitrogens with zero attached hydrogens (tertiary/aromatic N) is 3. The first kappa shape index (κ1) is 25.8. The zero-order valence-electron chi connectivity index (χ0n) is 21.5. The Labute approximate surface area is 228 Å². The summed E-state index contributed by atoms with van der Waals surface area (Å²) in [6.45, 7) is 5.56. The van der Waals surface area contributed by atoms with Gasteiger partial charge in [0.1, 0.15) is 28.5 Å². The summed E-state index contributed by atoms with van der Waals surface area (Å²) >= 11 is 1.42. The SMILES string of the molecule is Cc1ccc(NC(=O)c2cccc(C(C)(C)C#N)c2)cc1Oc1ccc2nc(CC(=O)c3cocn3)sc2c1. The van der Waals surface area contributed by atoms with E-state index in [1.807, 2.05) is 57.2 Å². The Morgan fingerprint density at radius 3 is 2.74 bits per heavy atom. The van der Waals surface area contributed by atoms with Gasteiger partial charge in [0, 0.05) is 23.4 Å². The number of aromatic nitrogens is 2. The van der Waals surface area contributed by atoms with Gasteiger partial charge in [0.05, 0.1) is 28.1 Å². The Morgan fingerprint density at radius 1 is 1.13 bits per heavy atom. The molecule has 0 fully saturated rings. The van der Waals surface area contributed by atoms with Gasteiger partial charge in [-0.15, -0.1) is 11.3 Å². The summed E-state index contributed by atoms with van der Waals surface area (Å²) in [5.41, 5.74) is 3.07. The van der Waals surface area contributed by atoms with E-state index < -0.39 is 5.41 Å². The fourth-order valence-electron chi connectivity index (χ4n) is 3.90. The van der Waals surface area contributed by atoms with Crippen LogP contribution in [0.1, 0.15) is 50.8 Å². The Balaban J connectivity index is 1.31. The van der Waals surface area contributed by atoms with E-state index in [-0.39, 0.29) is 23.8 Å². The molecule has 9 heteroatoms. The van der Waals surface area contributed by atoms with Crippen LogP contribution in [0.2, 0.25) is 0 Å². The van der Waals surface area contributed by atoms with Crippen molar-refractivity contribution in [3.8, 4) is 17.6 Å². The number of fused-ring (bicyclic) bond motifs is 1. The summed E-state index contributed by atoms with van der Waals surface area (Å²) in [5.74, 6) is 0.768. The van der Waals surface area contributed by atoms with Gasteiger partial charge in [0.15, 0.2) is 12.2 Å². The van der Waals surface area contributed by atoms with E-state index in [0.29, 0.717) is 27.8 Å². The third kappa shape index (κ3) is 5.71. The lowest BCUT2D eigenvalue weighted by atomic mass is 9.85. The minimum atomic E-state index is -0.701. The molecule has 2 aromatic heterocycles. The van der Waals surface area contributed by atoms with Crippen LogP contribution in [0.5, 0.6) is 11.5 Å². The number of carbonyl (C=O) groups excluding carboxylic acids is 2. The molecule has 0 bridgehead atoms. The summed E-state index contributed by atoms with van der Waals surface area (Å²) < 4.78 is 11.9. The first-order valence-electron chi connectivity index (χ1n) is 12.1. The van der Waals surface area contributed by atoms with Crippen LogP contribution in [0.25, 0.3) is 10.2 Å². The smallest absolute Gasteiger partial charge is 0.255 e. The maximum atomic E-state index is 13.0. The van der Waals surface area contributed by atoms with Gasteiger partial charge in [-0.25, -0.2) is 9.97 Å². The first-order valence-corrected chi connectivity index (χ1v) is 13.0. The number of ketones is 1. The number of anilines is 1. The van der Waals surface area contributed by atoms with Gasteiger partial charge < -0.3 is 14.5 Å². The number of hydrogen-bond donors (Lipinski definition) is 1. The summed E-state index contributed by atoms with van der Waals surface area (Å²) in [7, 11) is 0. The average Bonchev–Trinajstić information content (AvgIpc) is 3.60. The van der Waals surface area contributed by atoms with E-state index in [1.165, 1.54) is 24.0 Å². The second-order valence-electron chi connectivity index (χ2n) is 9.56. The van der Waals surface area contributed by atoms with Gasteiger partial charge in [-0.3, -0.25) is 9.59 Å². The van der Waals surface area contributed by atoms with E-state index >= 15 is 0 Å². The predicted molar refractivity (Wildman–Crippen MR) is 148 cm³/mol. The molecule has 0 atom stereocenters. The van der Waals surface area contributed by atoms with Gasteiger partial charge in [0.25, 0.3) is 5.91 Å². The maximum absolute atomic E-state index is 13.0. The summed E-state index contributed by atoms with van der Waals surface area (Å²) in [6, 6.07) is 20.3. The number of nitrogens with one attached hydrogen (secondary N) is 1. The molecule has 39 heavy (non-hydrogen) atoms. The highest BCUT2D eigenvalue weighted by Gasteiger charge is 2.21. The highest BCUT2D eigenvalue weighted by atomic mass is 32.1. The molecule has 0 aliphatic heterocycles. The summed E-state index contributed by atoms with van der Waals surface area (Å²) in [5, 5.41) is 13.0. The lowest BCUT2D eigenvalue weighted by molar-refractivity contribution is 0.0986. The van der Waals surface area contributed by atoms with Gasteiger partial charge in [-0.1, -0.05) is 18.2 Å². The zero-order valence-corrected chi connectivity index (χ0v) is 22.3. The average molecular weight is 537 g/mol. The summed E-state index contributed by atoms with van der Waals surface area (Å²) in [6.07, 6.45) is 2.69. The first-order chi connectivity index (χ1) is 18.7. The van der Waals surface area contributed by atoms with Gasteiger partial charge in [-0.2, -0.15) is 5.26 Å². The number of oxazole rings is 1. The van der Waals surface area contributed by atoms with Crippen LogP contribution in [0, 0.1) is 18.3 Å². The molecule has 0 aliphatic carbocycles. The second kappa shape index (κ2) is 10.5. The molecule has 0 spiro atoms. The number of hydrogen-bond acceptors (Lipinski definition) is 8. The Morgan fingerprint density at radius 2 is 1.97 bits per heavy atom. The van der Waals surface area contributed by atoms with E-state index in [0.717, 1.165) is 21.3 Å². The number of nitriles is 1. The molecule has 3 aromatic carbocycles. The van der Waals surface area contributed by atoms with E-state index in [9.17, 15) is 14.9 Å². The lowest BCUT2D eigenvalue weighted by Gasteiger charge is -2.16. The van der Waals surface area contributed by atoms with Crippen molar-refractivity contribution in [3.05, 3.63) is 101 Å². The van der Waals surface area contributed by atoms with Crippen molar-refractivity contribution in [2.45, 2.75) is 32.6 Å². The summed E-state index contributed by atoms with van der Waals surface area (Å²) in [4.78, 5) is 33.8. The largest absolute Gasteiger partial charge is 0.457 e. The molecule has 2 heterocycles. The molecule has 8 nitrogen and oxygen atoms in total. The van der Waals surface area contributed by atoms with E-state index in [2.05, 4.69) is 21.4 Å². The highest BCUT2D eigenvalue weighted by molar-refractivity contribution is 7.18. The molecular formula is C30H24N4O4S. The topological polar surface area (TPSA) is 118 Å². The Bertz CT molecular complexity index is 1730. The molecular weight excluding hydrogens is 512 g/mol. The molecule has 0 saturated carbocycles. The number of rotatable bonds is 8. The van der Waals surface area contributed by atoms with Crippen LogP contribution in [-0.4, -0.2) is 21.7 Å². The number of carbonyl (C=O) groups is 2. The molecule has 0 unspecified atom stereocenters. The fourth-order valence-corrected chi connectivity index (χ4v) is 4.90. The van der Waals surface area contributed by atoms with Crippen molar-refractivity contribution in [3.63, 3.8) is 0 Å². The van der Waals surface area contributed by atoms with E-state index in [4.69, 9.17) is 9.15 Å². The Hall–Kier alpha value is -4.81. The standard InChI is InChI=1S/C30H24N4O4S/c1-18-7-8-21(33-29(36)19-5-4-6-20(11-19)30(2,3)16-31)12-26(18)38-22-9-10-23-27(13-22)39-28(34-23)14-25(35)24-15-37-17-32-24/h4-13,15,17H,14H2,1-3H3,(H,33,36). The fraction of sp³-hybridized carbons (Fsp3) is 0.167. The van der Waals surface area contributed by atoms with Crippen molar-refractivity contribution in [1.29, 1.82) is 5.26 Å². The van der Waals surface area contributed by atoms with Gasteiger partial charge in [-0.05, 0) is 62.2 Å². The quantitative estimate of drug-likeness (QED) is 0.215. The van der Waals surface area contributed by atoms with Crippen LogP contribution >= 0.6 is 11.3 Å². The molecule has 0 aliphatic rings. The van der Waals surface area contributed by atoms with Crippen molar-refractivity contribution >= 4 is 38.9 Å². The molecule has 5 rings (SSSR count). The van der Waals surface area contributed by atoms with Crippen molar-refractivity contribution < 1.29 is 18.7 Å². The third-order valence-electron chi connectivity index (χ3n) is 6.23. The predicted octanol–water partition coefficient (Wildman–Crippen LogP) is 6.86. The highest BCUT2D eigenvalue weighted by Crippen LogP contribution is 2.32. The maximum Gasteiger partial charge on any atom is 0.255 e. The minimum absolute atomic E-state index is 0.139. The van der Waals surface area contributed by atoms with Crippen LogP contribution in [-0.2, 0) is 11.8 Å². The normalized spacial score (nSPS) is 11.2. The number of Topliss-reactive ketones (excluding diaryl/α,β-unsaturated/α-hetero) is 1. The molecule has 0 saturated heterocycles. The van der Waals surface area contributed by atoms with Gasteiger partial charge in [0.2, 0.25) is 0 Å². The Kier molecular flexibility index (Phi) is 6.96. The van der Waals surface area contributed by atoms with Crippen molar-refractivity contribution in [1.82, 2.24) is 9.97 Å². The van der Waals surface area contributed by atoms with Crippen molar-refractivity contribution in [2.24, 2.45) is 0 Å². The number of aryl methyl sites for hydroxylation is 1. The van der Waals surface area contributed by atoms with Crippen LogP contribution < -0.4 is 10.1 Å². The lowest BCUT2D eigenvalue weighted by Crippen LogP contribution is -2.17. The van der Waals surface area contributed by atoms with E-state index in [1.54, 1.807) is 24.3 Å². The molecule has 194 valence electrons. The van der Waals surface area contributed by atoms with Crippen molar-refractivity contribution in [2.75, 3.05) is 5.32 Å². The number of thiazole rings is 1. The minimum Gasteiger partial charge on any atom is -0.457 e. The van der Waals surface area contributed by atoms with Crippen LogP contribution in [0.15, 0.2) is 77.7 Å². The van der Waals surface area contributed by atoms with Crippen LogP contribution in [0.4, 0.5) is 5.69 Å². The molecule has 5 aromatic rings. The molecule has 0 radical (unpaired) electrons. The van der Waals surface area contributed by atoms with Gasteiger partial charge >= 0.3 is 0 Å². The monoisotopic (exact) mass is 536 g/mol. The van der Waals surface area contributed by atoms with Crippen LogP contribution in [0.3, 0.4) is 0 Å². The zero-order chi connectivity index (χ0) is 27.6. The molecule has 1 amide bonds. The number of amides is 1. The number of ether oxygens (including phenoxy) is 1. The third-order valence-corrected chi connectivity index (χ3v) is 7.25.